The van der Waals surface area contributed by atoms with E-state index in [0.29, 0.717) is 0 Å². The van der Waals surface area contributed by atoms with Crippen molar-refractivity contribution in [1.29, 1.82) is 0 Å². The standard InChI is InChI=1S/C10H16O8/c1-4(12)16-8-6(3-11)18-10(15)9(7(8)14)17-5(2)13/h6-11,14-15H,3H2,1-2H3/t6-,7+,8-,9+,10+/m1/s1. The molecule has 1 aliphatic rings. The van der Waals surface area contributed by atoms with Crippen LogP contribution < -0.4 is 0 Å². The number of carbonyl (C=O) groups excluding carboxylic acids is 2. The Balaban J connectivity index is 2.84. The predicted molar refractivity (Wildman–Crippen MR) is 55.1 cm³/mol. The van der Waals surface area contributed by atoms with Gasteiger partial charge in [0.1, 0.15) is 12.2 Å². The van der Waals surface area contributed by atoms with Gasteiger partial charge in [-0.2, -0.15) is 0 Å². The van der Waals surface area contributed by atoms with Crippen molar-refractivity contribution < 1.29 is 39.1 Å². The highest BCUT2D eigenvalue weighted by molar-refractivity contribution is 5.67. The minimum Gasteiger partial charge on any atom is -0.457 e. The SMILES string of the molecule is CC(=O)O[C@H]1[C@@H](O)[C@H](OC(C)=O)[C@@H](CO)O[C@@H]1O. The molecule has 0 bridgehead atoms. The molecule has 8 nitrogen and oxygen atoms in total. The van der Waals surface area contributed by atoms with Crippen molar-refractivity contribution in [2.45, 2.75) is 44.6 Å². The summed E-state index contributed by atoms with van der Waals surface area (Å²) in [6.07, 6.45) is -6.79. The van der Waals surface area contributed by atoms with Gasteiger partial charge in [0.25, 0.3) is 0 Å². The molecule has 1 heterocycles. The third-order valence-electron chi connectivity index (χ3n) is 2.42. The Labute approximate surface area is 103 Å². The van der Waals surface area contributed by atoms with E-state index in [1.807, 2.05) is 0 Å². The molecule has 0 aromatic carbocycles. The quantitative estimate of drug-likeness (QED) is 0.496. The first-order valence-corrected chi connectivity index (χ1v) is 5.33. The first-order chi connectivity index (χ1) is 8.36. The number of esters is 2. The first-order valence-electron chi connectivity index (χ1n) is 5.33. The van der Waals surface area contributed by atoms with Crippen LogP contribution >= 0.6 is 0 Å². The fourth-order valence-corrected chi connectivity index (χ4v) is 1.71. The Morgan fingerprint density at radius 1 is 1.11 bits per heavy atom. The molecule has 1 fully saturated rings. The van der Waals surface area contributed by atoms with Gasteiger partial charge < -0.3 is 29.5 Å². The predicted octanol–water partition coefficient (Wildman–Crippen LogP) is -2.08. The maximum Gasteiger partial charge on any atom is 0.303 e. The van der Waals surface area contributed by atoms with Crippen LogP contribution in [0.1, 0.15) is 13.8 Å². The van der Waals surface area contributed by atoms with Crippen LogP contribution in [0.25, 0.3) is 0 Å². The number of aliphatic hydroxyl groups excluding tert-OH is 3. The minimum atomic E-state index is -1.60. The molecule has 1 saturated heterocycles. The second-order valence-electron chi connectivity index (χ2n) is 3.89. The van der Waals surface area contributed by atoms with E-state index in [0.717, 1.165) is 13.8 Å². The zero-order valence-corrected chi connectivity index (χ0v) is 9.98. The normalized spacial score (nSPS) is 35.9. The van der Waals surface area contributed by atoms with Gasteiger partial charge in [-0.1, -0.05) is 0 Å². The van der Waals surface area contributed by atoms with E-state index in [9.17, 15) is 19.8 Å². The molecule has 0 spiro atoms. The van der Waals surface area contributed by atoms with Crippen molar-refractivity contribution in [2.75, 3.05) is 6.61 Å². The molecular weight excluding hydrogens is 248 g/mol. The van der Waals surface area contributed by atoms with Crippen LogP contribution in [0.4, 0.5) is 0 Å². The Hall–Kier alpha value is -1.22. The number of hydrogen-bond donors (Lipinski definition) is 3. The summed E-state index contributed by atoms with van der Waals surface area (Å²) in [4.78, 5) is 21.7. The molecule has 8 heteroatoms. The molecule has 0 aromatic heterocycles. The van der Waals surface area contributed by atoms with Gasteiger partial charge in [-0.05, 0) is 0 Å². The van der Waals surface area contributed by atoms with Gasteiger partial charge in [-0.3, -0.25) is 9.59 Å². The van der Waals surface area contributed by atoms with Crippen molar-refractivity contribution in [2.24, 2.45) is 0 Å². The molecule has 0 aromatic rings. The second kappa shape index (κ2) is 6.10. The van der Waals surface area contributed by atoms with Crippen molar-refractivity contribution in [3.8, 4) is 0 Å². The van der Waals surface area contributed by atoms with E-state index < -0.39 is 49.3 Å². The maximum absolute atomic E-state index is 10.9. The van der Waals surface area contributed by atoms with Crippen molar-refractivity contribution >= 4 is 11.9 Å². The fourth-order valence-electron chi connectivity index (χ4n) is 1.71. The molecule has 1 aliphatic heterocycles. The van der Waals surface area contributed by atoms with Crippen LogP contribution in [0.2, 0.25) is 0 Å². The van der Waals surface area contributed by atoms with Crippen LogP contribution in [0, 0.1) is 0 Å². The zero-order valence-electron chi connectivity index (χ0n) is 9.98. The zero-order chi connectivity index (χ0) is 13.9. The Bertz CT molecular complexity index is 317. The van der Waals surface area contributed by atoms with Crippen LogP contribution in [-0.2, 0) is 23.8 Å². The lowest BCUT2D eigenvalue weighted by Gasteiger charge is -2.40. The molecule has 0 amide bonds. The van der Waals surface area contributed by atoms with Gasteiger partial charge in [-0.25, -0.2) is 0 Å². The summed E-state index contributed by atoms with van der Waals surface area (Å²) in [5.41, 5.74) is 0. The molecule has 5 atom stereocenters. The van der Waals surface area contributed by atoms with Crippen molar-refractivity contribution in [1.82, 2.24) is 0 Å². The van der Waals surface area contributed by atoms with Crippen LogP contribution in [0.15, 0.2) is 0 Å². The van der Waals surface area contributed by atoms with Gasteiger partial charge >= 0.3 is 11.9 Å². The molecule has 0 unspecified atom stereocenters. The summed E-state index contributed by atoms with van der Waals surface area (Å²) in [6.45, 7) is 1.64. The van der Waals surface area contributed by atoms with Crippen LogP contribution in [0.3, 0.4) is 0 Å². The van der Waals surface area contributed by atoms with E-state index in [-0.39, 0.29) is 0 Å². The number of carbonyl (C=O) groups is 2. The summed E-state index contributed by atoms with van der Waals surface area (Å²) in [5.74, 6) is -1.43. The highest BCUT2D eigenvalue weighted by atomic mass is 16.7. The molecule has 0 aliphatic carbocycles. The molecular formula is C10H16O8. The van der Waals surface area contributed by atoms with E-state index in [1.165, 1.54) is 0 Å². The van der Waals surface area contributed by atoms with E-state index in [4.69, 9.17) is 14.6 Å². The lowest BCUT2D eigenvalue weighted by Crippen LogP contribution is -2.60. The summed E-state index contributed by atoms with van der Waals surface area (Å²) in [7, 11) is 0. The molecule has 1 rings (SSSR count). The lowest BCUT2D eigenvalue weighted by atomic mass is 9.99. The van der Waals surface area contributed by atoms with Crippen molar-refractivity contribution in [3.63, 3.8) is 0 Å². The van der Waals surface area contributed by atoms with Gasteiger partial charge in [-0.15, -0.1) is 0 Å². The maximum atomic E-state index is 10.9. The fraction of sp³-hybridized carbons (Fsp3) is 0.800. The topological polar surface area (TPSA) is 123 Å². The average Bonchev–Trinajstić information content (AvgIpc) is 2.27. The third-order valence-corrected chi connectivity index (χ3v) is 2.42. The third kappa shape index (κ3) is 3.39. The summed E-state index contributed by atoms with van der Waals surface area (Å²) >= 11 is 0. The molecule has 18 heavy (non-hydrogen) atoms. The summed E-state index contributed by atoms with van der Waals surface area (Å²) in [6, 6.07) is 0. The number of rotatable bonds is 3. The number of hydrogen-bond acceptors (Lipinski definition) is 8. The Morgan fingerprint density at radius 3 is 2.06 bits per heavy atom. The monoisotopic (exact) mass is 264 g/mol. The molecule has 104 valence electrons. The van der Waals surface area contributed by atoms with Crippen LogP contribution in [0.5, 0.6) is 0 Å². The summed E-state index contributed by atoms with van der Waals surface area (Å²) < 4.78 is 14.4. The molecule has 3 N–H and O–H groups in total. The smallest absolute Gasteiger partial charge is 0.303 e. The van der Waals surface area contributed by atoms with Crippen molar-refractivity contribution in [3.05, 3.63) is 0 Å². The minimum absolute atomic E-state index is 0.571. The van der Waals surface area contributed by atoms with Gasteiger partial charge in [0.2, 0.25) is 0 Å². The van der Waals surface area contributed by atoms with Gasteiger partial charge in [0, 0.05) is 13.8 Å². The second-order valence-corrected chi connectivity index (χ2v) is 3.89. The Morgan fingerprint density at radius 2 is 1.61 bits per heavy atom. The number of ether oxygens (including phenoxy) is 3. The highest BCUT2D eigenvalue weighted by Gasteiger charge is 2.48. The highest BCUT2D eigenvalue weighted by Crippen LogP contribution is 2.24. The Kier molecular flexibility index (Phi) is 5.03. The van der Waals surface area contributed by atoms with Crippen LogP contribution in [-0.4, -0.2) is 64.6 Å². The number of aliphatic hydroxyl groups is 3. The van der Waals surface area contributed by atoms with E-state index in [2.05, 4.69) is 4.74 Å². The summed E-state index contributed by atoms with van der Waals surface area (Å²) in [5, 5.41) is 28.5. The lowest BCUT2D eigenvalue weighted by molar-refractivity contribution is -0.293. The van der Waals surface area contributed by atoms with E-state index >= 15 is 0 Å². The largest absolute Gasteiger partial charge is 0.457 e. The average molecular weight is 264 g/mol. The van der Waals surface area contributed by atoms with Gasteiger partial charge in [0.05, 0.1) is 6.61 Å². The molecule has 0 radical (unpaired) electrons. The van der Waals surface area contributed by atoms with E-state index in [1.54, 1.807) is 0 Å². The van der Waals surface area contributed by atoms with Gasteiger partial charge in [0.15, 0.2) is 18.5 Å². The molecule has 0 saturated carbocycles. The first kappa shape index (κ1) is 14.8.